The molecule has 15 heteroatoms. The van der Waals surface area contributed by atoms with Gasteiger partial charge in [0.15, 0.2) is 5.96 Å². The van der Waals surface area contributed by atoms with Gasteiger partial charge in [0.2, 0.25) is 0 Å². The van der Waals surface area contributed by atoms with E-state index in [1.807, 2.05) is 41.5 Å². The van der Waals surface area contributed by atoms with Gasteiger partial charge in [-0.3, -0.25) is 29.0 Å². The average molecular weight is 807 g/mol. The van der Waals surface area contributed by atoms with E-state index in [1.165, 1.54) is 0 Å². The second kappa shape index (κ2) is 23.1. The van der Waals surface area contributed by atoms with Gasteiger partial charge in [-0.25, -0.2) is 0 Å². The topological polar surface area (TPSA) is 250 Å². The molecule has 3 aliphatic carbocycles. The Morgan fingerprint density at radius 1 is 0.737 bits per heavy atom. The lowest BCUT2D eigenvalue weighted by Crippen LogP contribution is -2.38. The van der Waals surface area contributed by atoms with E-state index in [4.69, 9.17) is 36.1 Å². The number of aliphatic hydroxyl groups excluding tert-OH is 1. The van der Waals surface area contributed by atoms with Gasteiger partial charge in [-0.05, 0) is 80.0 Å². The highest BCUT2D eigenvalue weighted by atomic mass is 16.5. The predicted molar refractivity (Wildman–Crippen MR) is 212 cm³/mol. The number of esters is 4. The maximum Gasteiger partial charge on any atom is 0.322 e. The van der Waals surface area contributed by atoms with Crippen molar-refractivity contribution in [2.45, 2.75) is 105 Å². The monoisotopic (exact) mass is 807 g/mol. The molecule has 3 rings (SSSR count). The third-order valence-electron chi connectivity index (χ3n) is 12.0. The van der Waals surface area contributed by atoms with Crippen LogP contribution < -0.4 is 17.2 Å². The summed E-state index contributed by atoms with van der Waals surface area (Å²) in [4.78, 5) is 82.4. The van der Waals surface area contributed by atoms with Crippen LogP contribution in [0.3, 0.4) is 0 Å². The molecule has 0 radical (unpaired) electrons. The van der Waals surface area contributed by atoms with Crippen molar-refractivity contribution in [3.63, 3.8) is 0 Å². The molecule has 3 saturated carbocycles. The maximum atomic E-state index is 14.8. The van der Waals surface area contributed by atoms with Crippen molar-refractivity contribution in [3.05, 3.63) is 0 Å². The summed E-state index contributed by atoms with van der Waals surface area (Å²) >= 11 is 0. The van der Waals surface area contributed by atoms with Crippen LogP contribution in [0.2, 0.25) is 0 Å². The molecule has 11 atom stereocenters. The highest BCUT2D eigenvalue weighted by Gasteiger charge is 2.56. The molecule has 0 bridgehead atoms. The smallest absolute Gasteiger partial charge is 0.322 e. The summed E-state index contributed by atoms with van der Waals surface area (Å²) in [7, 11) is 0. The van der Waals surface area contributed by atoms with Gasteiger partial charge in [-0.15, -0.1) is 0 Å². The average Bonchev–Trinajstić information content (AvgIpc) is 3.79. The SMILES string of the molecule is CC(C)CC(=O)OCC1CC(CO)C(C2CCC(C3C(C=O)CC(COC(=O)C(N)CCCN=C(N)N)C3COC(=O)CC(C)C)C2=O)C1COC(=O)CC(C)C. The molecule has 15 nitrogen and oxygen atoms in total. The van der Waals surface area contributed by atoms with E-state index in [0.717, 1.165) is 6.29 Å². The largest absolute Gasteiger partial charge is 0.465 e. The van der Waals surface area contributed by atoms with Gasteiger partial charge in [0.05, 0.1) is 26.4 Å². The third kappa shape index (κ3) is 14.3. The Labute approximate surface area is 338 Å². The van der Waals surface area contributed by atoms with Crippen LogP contribution >= 0.6 is 0 Å². The minimum absolute atomic E-state index is 0.0340. The van der Waals surface area contributed by atoms with Gasteiger partial charge in [0, 0.05) is 67.9 Å². The lowest BCUT2D eigenvalue weighted by Gasteiger charge is -2.32. The number of rotatable bonds is 23. The number of guanidine groups is 1. The van der Waals surface area contributed by atoms with Gasteiger partial charge in [0.25, 0.3) is 0 Å². The summed E-state index contributed by atoms with van der Waals surface area (Å²) in [5.41, 5.74) is 16.8. The molecule has 3 aliphatic rings. The Balaban J connectivity index is 1.86. The molecule has 324 valence electrons. The molecule has 0 heterocycles. The summed E-state index contributed by atoms with van der Waals surface area (Å²) in [6.07, 6.45) is 4.13. The Hall–Kier alpha value is -3.59. The molecule has 0 aromatic carbocycles. The zero-order chi connectivity index (χ0) is 42.4. The van der Waals surface area contributed by atoms with Gasteiger partial charge in [-0.2, -0.15) is 0 Å². The number of aliphatic imine (C=N–C) groups is 1. The fraction of sp³-hybridized carbons (Fsp3) is 0.833. The molecule has 0 aromatic heterocycles. The van der Waals surface area contributed by atoms with Crippen molar-refractivity contribution in [1.82, 2.24) is 0 Å². The van der Waals surface area contributed by atoms with E-state index >= 15 is 0 Å². The number of aldehydes is 1. The van der Waals surface area contributed by atoms with Gasteiger partial charge in [-0.1, -0.05) is 41.5 Å². The Kier molecular flexibility index (Phi) is 19.4. The van der Waals surface area contributed by atoms with E-state index < -0.39 is 41.6 Å². The fourth-order valence-corrected chi connectivity index (χ4v) is 9.51. The summed E-state index contributed by atoms with van der Waals surface area (Å²) in [5.74, 6) is -5.63. The molecule has 11 unspecified atom stereocenters. The zero-order valence-electron chi connectivity index (χ0n) is 35.0. The maximum absolute atomic E-state index is 14.8. The van der Waals surface area contributed by atoms with Crippen molar-refractivity contribution in [2.24, 2.45) is 99.1 Å². The van der Waals surface area contributed by atoms with Crippen LogP contribution in [0.4, 0.5) is 0 Å². The summed E-state index contributed by atoms with van der Waals surface area (Å²) in [5, 5.41) is 10.7. The molecule has 57 heavy (non-hydrogen) atoms. The minimum atomic E-state index is -0.913. The number of ether oxygens (including phenoxy) is 4. The number of carbonyl (C=O) groups excluding carboxylic acids is 6. The highest BCUT2D eigenvalue weighted by Crippen LogP contribution is 2.55. The predicted octanol–water partition coefficient (Wildman–Crippen LogP) is 3.20. The second-order valence-electron chi connectivity index (χ2n) is 17.9. The third-order valence-corrected chi connectivity index (χ3v) is 12.0. The molecule has 0 aliphatic heterocycles. The van der Waals surface area contributed by atoms with Crippen LogP contribution in [0.1, 0.15) is 99.3 Å². The lowest BCUT2D eigenvalue weighted by molar-refractivity contribution is -0.151. The molecule has 0 aromatic rings. The van der Waals surface area contributed by atoms with E-state index in [9.17, 15) is 33.9 Å². The molecular formula is C42H70N4O11. The first-order chi connectivity index (χ1) is 27.0. The van der Waals surface area contributed by atoms with Crippen molar-refractivity contribution in [1.29, 1.82) is 0 Å². The van der Waals surface area contributed by atoms with Crippen LogP contribution in [0, 0.1) is 76.9 Å². The van der Waals surface area contributed by atoms with E-state index in [1.54, 1.807) is 0 Å². The Morgan fingerprint density at radius 2 is 1.21 bits per heavy atom. The standard InChI is InChI=1S/C42H70N4O11/c1-23(2)12-35(49)54-19-28-15-26(17-47)38(32(28)21-55-36(50)13-24(3)4)30-9-10-31(40(30)52)39-27(18-48)16-29(33(39)22-56-37(51)14-25(5)6)20-57-41(53)34(43)8-7-11-46-42(44)45/h18,23-34,38-39,47H,7-17,19-22,43H2,1-6H3,(H4,44,45,46). The van der Waals surface area contributed by atoms with Crippen LogP contribution in [0.15, 0.2) is 4.99 Å². The molecular weight excluding hydrogens is 736 g/mol. The van der Waals surface area contributed by atoms with E-state index in [2.05, 4.69) is 4.99 Å². The van der Waals surface area contributed by atoms with Crippen molar-refractivity contribution < 1.29 is 52.8 Å². The molecule has 0 amide bonds. The molecule has 3 fully saturated rings. The Morgan fingerprint density at radius 3 is 1.70 bits per heavy atom. The molecule has 7 N–H and O–H groups in total. The first-order valence-electron chi connectivity index (χ1n) is 21.0. The van der Waals surface area contributed by atoms with Crippen LogP contribution in [-0.4, -0.2) is 92.6 Å². The minimum Gasteiger partial charge on any atom is -0.465 e. The number of carbonyl (C=O) groups is 6. The lowest BCUT2D eigenvalue weighted by atomic mass is 9.73. The number of hydrogen-bond donors (Lipinski definition) is 4. The zero-order valence-corrected chi connectivity index (χ0v) is 35.0. The fourth-order valence-electron chi connectivity index (χ4n) is 9.51. The van der Waals surface area contributed by atoms with Crippen molar-refractivity contribution in [2.75, 3.05) is 39.6 Å². The van der Waals surface area contributed by atoms with Gasteiger partial charge in [0.1, 0.15) is 18.1 Å². The quantitative estimate of drug-likeness (QED) is 0.0289. The van der Waals surface area contributed by atoms with E-state index in [-0.39, 0.29) is 129 Å². The summed E-state index contributed by atoms with van der Waals surface area (Å²) < 4.78 is 23.0. The molecule has 0 saturated heterocycles. The van der Waals surface area contributed by atoms with Gasteiger partial charge >= 0.3 is 23.9 Å². The van der Waals surface area contributed by atoms with Gasteiger partial charge < -0.3 is 46.0 Å². The number of nitrogens with two attached hydrogens (primary N) is 3. The van der Waals surface area contributed by atoms with Crippen LogP contribution in [-0.2, 0) is 47.7 Å². The second-order valence-corrected chi connectivity index (χ2v) is 17.9. The highest BCUT2D eigenvalue weighted by molar-refractivity contribution is 5.86. The van der Waals surface area contributed by atoms with Crippen molar-refractivity contribution in [3.8, 4) is 0 Å². The first kappa shape index (κ1) is 47.8. The number of aliphatic hydroxyl groups is 1. The normalized spacial score (nSPS) is 29.1. The number of nitrogens with zero attached hydrogens (tertiary/aromatic N) is 1. The van der Waals surface area contributed by atoms with Crippen LogP contribution in [0.25, 0.3) is 0 Å². The number of hydrogen-bond acceptors (Lipinski definition) is 13. The summed E-state index contributed by atoms with van der Waals surface area (Å²) in [6.45, 7) is 11.7. The van der Waals surface area contributed by atoms with Crippen molar-refractivity contribution >= 4 is 41.9 Å². The Bertz CT molecular complexity index is 1380. The van der Waals surface area contributed by atoms with Crippen LogP contribution in [0.5, 0.6) is 0 Å². The van der Waals surface area contributed by atoms with E-state index in [0.29, 0.717) is 45.1 Å². The summed E-state index contributed by atoms with van der Waals surface area (Å²) in [6, 6.07) is -0.913. The first-order valence-corrected chi connectivity index (χ1v) is 21.0. The molecule has 0 spiro atoms. The number of ketones is 1. The number of Topliss-reactive ketones (excluding diaryl/α,β-unsaturated/α-hetero) is 1.